The van der Waals surface area contributed by atoms with Crippen molar-refractivity contribution in [2.24, 2.45) is 0 Å². The number of nitrogens with one attached hydrogen (secondary N) is 3. The molecule has 30 heavy (non-hydrogen) atoms. The van der Waals surface area contributed by atoms with Crippen LogP contribution in [0.25, 0.3) is 0 Å². The number of carbonyl (C=O) groups is 3. The standard InChI is InChI=1S/C21H28N4O5/c1-21(2,3)30-20(28)25-16(10-14-8-6-5-7-9-14)18(26)24-17(19(27)29-4)11-15-12-22-13-23-15/h5-9,12-13,16-17H,10-11H2,1-4H3,(H,22,23)(H,24,26)(H,25,28)/t16-,17-/m0/s1. The van der Waals surface area contributed by atoms with Crippen molar-refractivity contribution in [3.05, 3.63) is 54.1 Å². The SMILES string of the molecule is COC(=O)[C@H](Cc1c[nH]cn1)NC(=O)[C@H](Cc1ccccc1)NC(=O)OC(C)(C)C. The van der Waals surface area contributed by atoms with Crippen molar-refractivity contribution in [1.82, 2.24) is 20.6 Å². The molecule has 162 valence electrons. The van der Waals surface area contributed by atoms with Crippen LogP contribution in [0.5, 0.6) is 0 Å². The van der Waals surface area contributed by atoms with Crippen molar-refractivity contribution in [3.8, 4) is 0 Å². The number of hydrogen-bond acceptors (Lipinski definition) is 6. The van der Waals surface area contributed by atoms with Gasteiger partial charge in [0, 0.05) is 19.0 Å². The topological polar surface area (TPSA) is 122 Å². The van der Waals surface area contributed by atoms with E-state index in [1.165, 1.54) is 13.4 Å². The summed E-state index contributed by atoms with van der Waals surface area (Å²) in [6.45, 7) is 5.20. The molecule has 0 aliphatic heterocycles. The van der Waals surface area contributed by atoms with E-state index in [-0.39, 0.29) is 12.8 Å². The van der Waals surface area contributed by atoms with Crippen LogP contribution in [0.1, 0.15) is 32.0 Å². The van der Waals surface area contributed by atoms with Crippen LogP contribution in [0.3, 0.4) is 0 Å². The molecule has 0 fully saturated rings. The first-order chi connectivity index (χ1) is 14.2. The maximum atomic E-state index is 13.0. The highest BCUT2D eigenvalue weighted by molar-refractivity contribution is 5.90. The maximum absolute atomic E-state index is 13.0. The van der Waals surface area contributed by atoms with Gasteiger partial charge in [-0.25, -0.2) is 14.6 Å². The number of amides is 2. The molecule has 0 aliphatic carbocycles. The minimum atomic E-state index is -0.954. The normalized spacial score (nSPS) is 13.1. The van der Waals surface area contributed by atoms with Gasteiger partial charge >= 0.3 is 12.1 Å². The summed E-state index contributed by atoms with van der Waals surface area (Å²) in [6, 6.07) is 7.32. The van der Waals surface area contributed by atoms with Crippen molar-refractivity contribution >= 4 is 18.0 Å². The number of alkyl carbamates (subject to hydrolysis) is 1. The minimum Gasteiger partial charge on any atom is -0.467 e. The summed E-state index contributed by atoms with van der Waals surface area (Å²) in [7, 11) is 1.24. The van der Waals surface area contributed by atoms with Crippen molar-refractivity contribution in [2.75, 3.05) is 7.11 Å². The third-order valence-corrected chi connectivity index (χ3v) is 4.06. The lowest BCUT2D eigenvalue weighted by Gasteiger charge is -2.25. The first-order valence-electron chi connectivity index (χ1n) is 9.57. The predicted octanol–water partition coefficient (Wildman–Crippen LogP) is 1.75. The summed E-state index contributed by atoms with van der Waals surface area (Å²) in [5.41, 5.74) is 0.716. The van der Waals surface area contributed by atoms with Gasteiger partial charge in [-0.3, -0.25) is 4.79 Å². The van der Waals surface area contributed by atoms with E-state index in [9.17, 15) is 14.4 Å². The van der Waals surface area contributed by atoms with Gasteiger partial charge in [-0.2, -0.15) is 0 Å². The molecule has 0 saturated carbocycles. The average molecular weight is 416 g/mol. The molecule has 2 atom stereocenters. The summed E-state index contributed by atoms with van der Waals surface area (Å²) in [6.07, 6.45) is 2.76. The molecule has 0 spiro atoms. The first-order valence-corrected chi connectivity index (χ1v) is 9.57. The Morgan fingerprint density at radius 3 is 2.33 bits per heavy atom. The van der Waals surface area contributed by atoms with Crippen LogP contribution in [0.2, 0.25) is 0 Å². The van der Waals surface area contributed by atoms with E-state index in [0.717, 1.165) is 5.56 Å². The number of nitrogens with zero attached hydrogens (tertiary/aromatic N) is 1. The summed E-state index contributed by atoms with van der Waals surface area (Å²) < 4.78 is 10.1. The molecule has 1 aromatic carbocycles. The second kappa shape index (κ2) is 10.4. The smallest absolute Gasteiger partial charge is 0.408 e. The van der Waals surface area contributed by atoms with Crippen LogP contribution >= 0.6 is 0 Å². The fourth-order valence-corrected chi connectivity index (χ4v) is 2.73. The Bertz CT molecular complexity index is 831. The number of carbonyl (C=O) groups excluding carboxylic acids is 3. The number of aromatic nitrogens is 2. The highest BCUT2D eigenvalue weighted by Crippen LogP contribution is 2.09. The number of hydrogen-bond donors (Lipinski definition) is 3. The van der Waals surface area contributed by atoms with Crippen molar-refractivity contribution in [1.29, 1.82) is 0 Å². The van der Waals surface area contributed by atoms with E-state index in [0.29, 0.717) is 5.69 Å². The van der Waals surface area contributed by atoms with E-state index >= 15 is 0 Å². The monoisotopic (exact) mass is 416 g/mol. The molecular weight excluding hydrogens is 388 g/mol. The van der Waals surface area contributed by atoms with Crippen molar-refractivity contribution < 1.29 is 23.9 Å². The number of ether oxygens (including phenoxy) is 2. The molecule has 9 nitrogen and oxygen atoms in total. The molecule has 2 rings (SSSR count). The Morgan fingerprint density at radius 1 is 1.07 bits per heavy atom. The second-order valence-electron chi connectivity index (χ2n) is 7.74. The maximum Gasteiger partial charge on any atom is 0.408 e. The summed E-state index contributed by atoms with van der Waals surface area (Å²) in [4.78, 5) is 44.3. The molecule has 0 saturated heterocycles. The summed E-state index contributed by atoms with van der Waals surface area (Å²) in [5, 5.41) is 5.25. The highest BCUT2D eigenvalue weighted by atomic mass is 16.6. The van der Waals surface area contributed by atoms with Crippen LogP contribution < -0.4 is 10.6 Å². The van der Waals surface area contributed by atoms with Crippen molar-refractivity contribution in [3.63, 3.8) is 0 Å². The lowest BCUT2D eigenvalue weighted by molar-refractivity contribution is -0.145. The number of rotatable bonds is 8. The molecule has 9 heteroatoms. The molecular formula is C21H28N4O5. The third-order valence-electron chi connectivity index (χ3n) is 4.06. The Balaban J connectivity index is 2.16. The Kier molecular flexibility index (Phi) is 7.97. The Hall–Kier alpha value is -3.36. The lowest BCUT2D eigenvalue weighted by atomic mass is 10.0. The number of methoxy groups -OCH3 is 1. The van der Waals surface area contributed by atoms with Gasteiger partial charge in [0.2, 0.25) is 5.91 Å². The van der Waals surface area contributed by atoms with E-state index in [1.807, 2.05) is 30.3 Å². The number of aromatic amines is 1. The molecule has 0 bridgehead atoms. The van der Waals surface area contributed by atoms with E-state index < -0.39 is 35.7 Å². The summed E-state index contributed by atoms with van der Waals surface area (Å²) >= 11 is 0. The van der Waals surface area contributed by atoms with Gasteiger partial charge in [-0.05, 0) is 26.3 Å². The van der Waals surface area contributed by atoms with Gasteiger partial charge in [0.25, 0.3) is 0 Å². The zero-order chi connectivity index (χ0) is 22.1. The molecule has 2 aromatic rings. The highest BCUT2D eigenvalue weighted by Gasteiger charge is 2.29. The average Bonchev–Trinajstić information content (AvgIpc) is 3.18. The Labute approximate surface area is 175 Å². The van der Waals surface area contributed by atoms with Crippen LogP contribution in [0.4, 0.5) is 4.79 Å². The molecule has 3 N–H and O–H groups in total. The van der Waals surface area contributed by atoms with Gasteiger partial charge in [0.1, 0.15) is 17.7 Å². The molecule has 0 unspecified atom stereocenters. The molecule has 1 heterocycles. The van der Waals surface area contributed by atoms with Crippen LogP contribution in [0.15, 0.2) is 42.9 Å². The largest absolute Gasteiger partial charge is 0.467 e. The molecule has 1 aromatic heterocycles. The molecule has 2 amide bonds. The quantitative estimate of drug-likeness (QED) is 0.564. The van der Waals surface area contributed by atoms with Gasteiger partial charge in [-0.1, -0.05) is 30.3 Å². The number of H-pyrrole nitrogens is 1. The van der Waals surface area contributed by atoms with Crippen LogP contribution in [-0.4, -0.2) is 52.7 Å². The van der Waals surface area contributed by atoms with E-state index in [4.69, 9.17) is 9.47 Å². The second-order valence-corrected chi connectivity index (χ2v) is 7.74. The molecule has 0 aliphatic rings. The minimum absolute atomic E-state index is 0.145. The molecule has 0 radical (unpaired) electrons. The van der Waals surface area contributed by atoms with Crippen molar-refractivity contribution in [2.45, 2.75) is 51.3 Å². The number of esters is 1. The fourth-order valence-electron chi connectivity index (χ4n) is 2.73. The lowest BCUT2D eigenvalue weighted by Crippen LogP contribution is -2.54. The predicted molar refractivity (Wildman–Crippen MR) is 110 cm³/mol. The van der Waals surface area contributed by atoms with Crippen LogP contribution in [-0.2, 0) is 31.9 Å². The van der Waals surface area contributed by atoms with Gasteiger partial charge in [-0.15, -0.1) is 0 Å². The Morgan fingerprint density at radius 2 is 1.77 bits per heavy atom. The fraction of sp³-hybridized carbons (Fsp3) is 0.429. The van der Waals surface area contributed by atoms with E-state index in [2.05, 4.69) is 20.6 Å². The third kappa shape index (κ3) is 7.57. The zero-order valence-corrected chi connectivity index (χ0v) is 17.6. The number of imidazole rings is 1. The number of benzene rings is 1. The van der Waals surface area contributed by atoms with Gasteiger partial charge in [0.05, 0.1) is 19.1 Å². The van der Waals surface area contributed by atoms with E-state index in [1.54, 1.807) is 27.0 Å². The van der Waals surface area contributed by atoms with Gasteiger partial charge < -0.3 is 25.1 Å². The zero-order valence-electron chi connectivity index (χ0n) is 17.6. The van der Waals surface area contributed by atoms with Crippen LogP contribution in [0, 0.1) is 0 Å². The van der Waals surface area contributed by atoms with Gasteiger partial charge in [0.15, 0.2) is 0 Å². The first kappa shape index (κ1) is 22.9. The summed E-state index contributed by atoms with van der Waals surface area (Å²) in [5.74, 6) is -1.14.